The van der Waals surface area contributed by atoms with Gasteiger partial charge in [0.05, 0.1) is 0 Å². The first-order chi connectivity index (χ1) is 8.08. The quantitative estimate of drug-likeness (QED) is 0.623. The van der Waals surface area contributed by atoms with Crippen LogP contribution in [0.4, 0.5) is 0 Å². The molecule has 2 N–H and O–H groups in total. The van der Waals surface area contributed by atoms with Crippen molar-refractivity contribution in [3.63, 3.8) is 0 Å². The minimum absolute atomic E-state index is 0.0647. The Balaban J connectivity index is 2.27. The second-order valence-electron chi connectivity index (χ2n) is 3.23. The summed E-state index contributed by atoms with van der Waals surface area (Å²) in [6.07, 6.45) is -1.33. The molecule has 0 radical (unpaired) electrons. The number of hydrogen-bond acceptors (Lipinski definition) is 8. The van der Waals surface area contributed by atoms with Crippen LogP contribution in [0.5, 0.6) is 0 Å². The Morgan fingerprint density at radius 3 is 3.00 bits per heavy atom. The van der Waals surface area contributed by atoms with E-state index in [1.165, 1.54) is 7.11 Å². The molecule has 0 saturated carbocycles. The lowest BCUT2D eigenvalue weighted by Crippen LogP contribution is -2.39. The van der Waals surface area contributed by atoms with Crippen molar-refractivity contribution in [2.24, 2.45) is 10.1 Å². The Hall–Kier alpha value is -1.63. The van der Waals surface area contributed by atoms with E-state index < -0.39 is 23.8 Å². The predicted molar refractivity (Wildman–Crippen MR) is 58.1 cm³/mol. The molecule has 0 aliphatic carbocycles. The van der Waals surface area contributed by atoms with Crippen LogP contribution in [0.15, 0.2) is 10.1 Å². The van der Waals surface area contributed by atoms with Crippen LogP contribution in [-0.2, 0) is 9.53 Å². The number of rotatable bonds is 3. The number of nitrogens with zero attached hydrogens (tertiary/aromatic N) is 4. The van der Waals surface area contributed by atoms with Gasteiger partial charge >= 0.3 is 5.97 Å². The van der Waals surface area contributed by atoms with E-state index in [0.717, 1.165) is 16.8 Å². The van der Waals surface area contributed by atoms with Gasteiger partial charge in [-0.2, -0.15) is 10.4 Å². The number of nitriles is 1. The number of ether oxygens (including phenoxy) is 1. The second-order valence-corrected chi connectivity index (χ2v) is 4.34. The summed E-state index contributed by atoms with van der Waals surface area (Å²) in [5.41, 5.74) is 0.0647. The molecule has 3 unspecified atom stereocenters. The number of carboxylic acids is 1. The maximum Gasteiger partial charge on any atom is 0.360 e. The number of aliphatic hydroxyl groups is 1. The third-order valence-electron chi connectivity index (χ3n) is 2.26. The van der Waals surface area contributed by atoms with Crippen LogP contribution in [0.3, 0.4) is 0 Å². The molecule has 0 fully saturated rings. The van der Waals surface area contributed by atoms with Crippen molar-refractivity contribution in [1.29, 1.82) is 5.26 Å². The molecule has 17 heavy (non-hydrogen) atoms. The summed E-state index contributed by atoms with van der Waals surface area (Å²) < 4.78 is 4.68. The minimum atomic E-state index is -1.33. The van der Waals surface area contributed by atoms with Crippen LogP contribution in [0.25, 0.3) is 0 Å². The van der Waals surface area contributed by atoms with Crippen LogP contribution < -0.4 is 0 Å². The standard InChI is InChI=1S/C8H8N4O4S/c1-16-8(15)12-6-4(3(2-9)11-12)10-5(17-6)7(13)14/h4,6,8,15H,1H3,(H,13,14). The first kappa shape index (κ1) is 11.8. The van der Waals surface area contributed by atoms with E-state index in [4.69, 9.17) is 10.4 Å². The van der Waals surface area contributed by atoms with Gasteiger partial charge in [0.15, 0.2) is 10.8 Å². The predicted octanol–water partition coefficient (Wildman–Crippen LogP) is -0.972. The fourth-order valence-corrected chi connectivity index (χ4v) is 2.59. The Morgan fingerprint density at radius 1 is 1.76 bits per heavy atom. The largest absolute Gasteiger partial charge is 0.476 e. The first-order valence-corrected chi connectivity index (χ1v) is 5.42. The van der Waals surface area contributed by atoms with Crippen LogP contribution in [0, 0.1) is 11.3 Å². The number of hydrazone groups is 1. The van der Waals surface area contributed by atoms with Gasteiger partial charge in [0.25, 0.3) is 6.41 Å². The molecule has 0 aromatic rings. The van der Waals surface area contributed by atoms with Gasteiger partial charge in [-0.1, -0.05) is 11.8 Å². The number of carboxylic acid groups (broad SMARTS) is 1. The Morgan fingerprint density at radius 2 is 2.47 bits per heavy atom. The molecule has 0 bridgehead atoms. The molecule has 0 aromatic carbocycles. The Labute approximate surface area is 100 Å². The number of carbonyl (C=O) groups is 1. The summed E-state index contributed by atoms with van der Waals surface area (Å²) >= 11 is 0.931. The van der Waals surface area contributed by atoms with E-state index in [1.54, 1.807) is 0 Å². The van der Waals surface area contributed by atoms with Crippen molar-refractivity contribution in [1.82, 2.24) is 5.01 Å². The molecule has 3 atom stereocenters. The Bertz CT molecular complexity index is 457. The summed E-state index contributed by atoms with van der Waals surface area (Å²) in [4.78, 5) is 14.7. The van der Waals surface area contributed by atoms with Gasteiger partial charge in [0, 0.05) is 7.11 Å². The minimum Gasteiger partial charge on any atom is -0.476 e. The molecular weight excluding hydrogens is 248 g/mol. The smallest absolute Gasteiger partial charge is 0.360 e. The van der Waals surface area contributed by atoms with Gasteiger partial charge in [-0.25, -0.2) is 9.80 Å². The molecule has 2 aliphatic heterocycles. The summed E-state index contributed by atoms with van der Waals surface area (Å²) in [5, 5.41) is 31.5. The van der Waals surface area contributed by atoms with Crippen LogP contribution >= 0.6 is 11.8 Å². The van der Waals surface area contributed by atoms with Crippen molar-refractivity contribution in [3.8, 4) is 6.07 Å². The summed E-state index contributed by atoms with van der Waals surface area (Å²) in [5.74, 6) is -1.16. The molecule has 2 rings (SSSR count). The maximum absolute atomic E-state index is 10.8. The highest BCUT2D eigenvalue weighted by molar-refractivity contribution is 8.16. The molecule has 2 aliphatic rings. The second kappa shape index (κ2) is 4.33. The van der Waals surface area contributed by atoms with Gasteiger partial charge < -0.3 is 14.9 Å². The van der Waals surface area contributed by atoms with Crippen molar-refractivity contribution >= 4 is 28.5 Å². The van der Waals surface area contributed by atoms with E-state index in [0.29, 0.717) is 0 Å². The average Bonchev–Trinajstić information content (AvgIpc) is 2.85. The summed E-state index contributed by atoms with van der Waals surface area (Å²) in [6, 6.07) is 1.17. The van der Waals surface area contributed by atoms with Gasteiger partial charge in [0.2, 0.25) is 0 Å². The van der Waals surface area contributed by atoms with E-state index in [-0.39, 0.29) is 10.8 Å². The van der Waals surface area contributed by atoms with Crippen molar-refractivity contribution in [2.45, 2.75) is 17.8 Å². The molecular formula is C8H8N4O4S. The number of aliphatic hydroxyl groups excluding tert-OH is 1. The number of fused-ring (bicyclic) bond motifs is 1. The number of aliphatic carboxylic acids is 1. The van der Waals surface area contributed by atoms with E-state index in [1.807, 2.05) is 6.07 Å². The average molecular weight is 256 g/mol. The topological polar surface area (TPSA) is 119 Å². The number of thioether (sulfide) groups is 1. The first-order valence-electron chi connectivity index (χ1n) is 4.54. The highest BCUT2D eigenvalue weighted by Crippen LogP contribution is 2.36. The zero-order valence-corrected chi connectivity index (χ0v) is 9.46. The molecule has 0 spiro atoms. The molecule has 9 heteroatoms. The normalized spacial score (nSPS) is 28.2. The third-order valence-corrected chi connectivity index (χ3v) is 3.48. The van der Waals surface area contributed by atoms with E-state index in [9.17, 15) is 9.90 Å². The van der Waals surface area contributed by atoms with Crippen LogP contribution in [-0.4, -0.2) is 56.9 Å². The van der Waals surface area contributed by atoms with Gasteiger partial charge in [0.1, 0.15) is 17.5 Å². The number of methoxy groups -OCH3 is 1. The zero-order valence-electron chi connectivity index (χ0n) is 8.64. The molecule has 0 amide bonds. The number of hydrogen-bond donors (Lipinski definition) is 2. The maximum atomic E-state index is 10.8. The van der Waals surface area contributed by atoms with Crippen molar-refractivity contribution in [3.05, 3.63) is 0 Å². The van der Waals surface area contributed by atoms with Crippen LogP contribution in [0.1, 0.15) is 0 Å². The Kier molecular flexibility index (Phi) is 3.01. The number of aliphatic imine (C=N–C) groups is 1. The fraction of sp³-hybridized carbons (Fsp3) is 0.500. The monoisotopic (exact) mass is 256 g/mol. The molecule has 0 saturated heterocycles. The molecule has 0 aromatic heterocycles. The SMILES string of the molecule is COC(O)N1N=C(C#N)C2N=C(C(=O)O)SC21. The van der Waals surface area contributed by atoms with Gasteiger partial charge in [-0.05, 0) is 0 Å². The summed E-state index contributed by atoms with van der Waals surface area (Å²) in [6.45, 7) is 0. The third kappa shape index (κ3) is 1.86. The molecule has 2 heterocycles. The van der Waals surface area contributed by atoms with Crippen molar-refractivity contribution in [2.75, 3.05) is 7.11 Å². The van der Waals surface area contributed by atoms with E-state index >= 15 is 0 Å². The molecule has 90 valence electrons. The van der Waals surface area contributed by atoms with Crippen LogP contribution in [0.2, 0.25) is 0 Å². The van der Waals surface area contributed by atoms with E-state index in [2.05, 4.69) is 14.8 Å². The fourth-order valence-electron chi connectivity index (χ4n) is 1.51. The van der Waals surface area contributed by atoms with Crippen molar-refractivity contribution < 1.29 is 19.7 Å². The highest BCUT2D eigenvalue weighted by atomic mass is 32.2. The van der Waals surface area contributed by atoms with Gasteiger partial charge in [-0.3, -0.25) is 4.99 Å². The molecule has 8 nitrogen and oxygen atoms in total. The lowest BCUT2D eigenvalue weighted by atomic mass is 10.2. The van der Waals surface area contributed by atoms with Gasteiger partial charge in [-0.15, -0.1) is 0 Å². The lowest BCUT2D eigenvalue weighted by Gasteiger charge is -2.24. The lowest BCUT2D eigenvalue weighted by molar-refractivity contribution is -0.177. The highest BCUT2D eigenvalue weighted by Gasteiger charge is 2.47. The zero-order chi connectivity index (χ0) is 12.6. The summed E-state index contributed by atoms with van der Waals surface area (Å²) in [7, 11) is 1.28.